The number of aromatic nitrogens is 1. The number of nitrogens with zero attached hydrogens (tertiary/aromatic N) is 3. The third kappa shape index (κ3) is 4.79. The number of furan rings is 1. The van der Waals surface area contributed by atoms with E-state index in [1.54, 1.807) is 59.8 Å². The van der Waals surface area contributed by atoms with Gasteiger partial charge in [-0.2, -0.15) is 0 Å². The van der Waals surface area contributed by atoms with Crippen molar-refractivity contribution in [2.24, 2.45) is 4.99 Å². The number of carbonyl (C=O) groups excluding carboxylic acids is 1. The lowest BCUT2D eigenvalue weighted by Crippen LogP contribution is -2.29. The van der Waals surface area contributed by atoms with Crippen LogP contribution < -0.4 is 5.46 Å². The molecule has 0 unspecified atom stereocenters. The van der Waals surface area contributed by atoms with Crippen molar-refractivity contribution in [3.8, 4) is 11.3 Å². The van der Waals surface area contributed by atoms with Crippen molar-refractivity contribution in [3.05, 3.63) is 71.6 Å². The fraction of sp³-hybridized carbons (Fsp3) is 0.136. The summed E-state index contributed by atoms with van der Waals surface area (Å²) < 4.78 is 5.89. The highest BCUT2D eigenvalue weighted by atomic mass is 32.2. The van der Waals surface area contributed by atoms with Crippen LogP contribution in [0.3, 0.4) is 0 Å². The smallest absolute Gasteiger partial charge is 0.457 e. The Balaban J connectivity index is 1.58. The van der Waals surface area contributed by atoms with Gasteiger partial charge in [-0.05, 0) is 47.9 Å². The van der Waals surface area contributed by atoms with Crippen LogP contribution in [0.25, 0.3) is 17.4 Å². The molecule has 31 heavy (non-hydrogen) atoms. The summed E-state index contributed by atoms with van der Waals surface area (Å²) in [6.45, 7) is 2.59. The molecule has 9 heteroatoms. The molecule has 3 heterocycles. The summed E-state index contributed by atoms with van der Waals surface area (Å²) in [4.78, 5) is 23.8. The van der Waals surface area contributed by atoms with Crippen LogP contribution in [0.5, 0.6) is 0 Å². The standard InChI is InChI=1S/C22H20BN3O4S/c1-2-12-26-21(27)20(31-22(26)25-17-4-3-11-24-14-17)13-18-9-10-19(30-18)15-5-7-16(8-6-15)23(28)29/h3-11,13-14,28-29H,2,12H2,1H3/b20-13-,25-22?. The number of aliphatic imine (C=N–C) groups is 1. The van der Waals surface area contributed by atoms with Gasteiger partial charge in [0.25, 0.3) is 5.91 Å². The zero-order chi connectivity index (χ0) is 21.8. The average Bonchev–Trinajstić information content (AvgIpc) is 3.35. The summed E-state index contributed by atoms with van der Waals surface area (Å²) in [7, 11) is -1.51. The molecule has 0 atom stereocenters. The molecule has 2 N–H and O–H groups in total. The Morgan fingerprint density at radius 1 is 1.19 bits per heavy atom. The molecule has 4 rings (SSSR count). The maximum absolute atomic E-state index is 12.9. The van der Waals surface area contributed by atoms with Crippen LogP contribution in [0.4, 0.5) is 5.69 Å². The summed E-state index contributed by atoms with van der Waals surface area (Å²) in [6, 6.07) is 14.0. The molecule has 0 saturated carbocycles. The van der Waals surface area contributed by atoms with Crippen LogP contribution in [0.2, 0.25) is 0 Å². The zero-order valence-corrected chi connectivity index (χ0v) is 17.6. The van der Waals surface area contributed by atoms with Gasteiger partial charge in [-0.25, -0.2) is 4.99 Å². The highest BCUT2D eigenvalue weighted by Crippen LogP contribution is 2.35. The largest absolute Gasteiger partial charge is 0.488 e. The lowest BCUT2D eigenvalue weighted by atomic mass is 9.80. The van der Waals surface area contributed by atoms with Gasteiger partial charge in [-0.1, -0.05) is 31.2 Å². The van der Waals surface area contributed by atoms with E-state index in [-0.39, 0.29) is 5.91 Å². The van der Waals surface area contributed by atoms with Gasteiger partial charge in [-0.3, -0.25) is 14.7 Å². The summed E-state index contributed by atoms with van der Waals surface area (Å²) in [5.74, 6) is 1.07. The molecular weight excluding hydrogens is 413 g/mol. The summed E-state index contributed by atoms with van der Waals surface area (Å²) in [6.07, 6.45) is 5.87. The molecule has 0 spiro atoms. The van der Waals surface area contributed by atoms with Gasteiger partial charge >= 0.3 is 7.12 Å². The molecule has 1 amide bonds. The first-order chi connectivity index (χ1) is 15.0. The van der Waals surface area contributed by atoms with Crippen molar-refractivity contribution in [1.29, 1.82) is 0 Å². The van der Waals surface area contributed by atoms with Crippen LogP contribution in [-0.2, 0) is 4.79 Å². The number of amides is 1. The first-order valence-electron chi connectivity index (χ1n) is 9.81. The summed E-state index contributed by atoms with van der Waals surface area (Å²) in [5, 5.41) is 19.1. The number of hydrogen-bond acceptors (Lipinski definition) is 7. The molecule has 3 aromatic rings. The van der Waals surface area contributed by atoms with E-state index < -0.39 is 7.12 Å². The highest BCUT2D eigenvalue weighted by molar-refractivity contribution is 8.18. The van der Waals surface area contributed by atoms with E-state index in [0.717, 1.165) is 12.0 Å². The Hall–Kier alpha value is -3.14. The monoisotopic (exact) mass is 433 g/mol. The minimum absolute atomic E-state index is 0.103. The van der Waals surface area contributed by atoms with Crippen molar-refractivity contribution in [2.75, 3.05) is 6.54 Å². The number of amidine groups is 1. The number of benzene rings is 1. The number of pyridine rings is 1. The van der Waals surface area contributed by atoms with E-state index in [9.17, 15) is 14.8 Å². The first kappa shape index (κ1) is 21.1. The molecule has 1 fully saturated rings. The predicted molar refractivity (Wildman–Crippen MR) is 123 cm³/mol. The first-order valence-corrected chi connectivity index (χ1v) is 10.6. The molecule has 1 aliphatic heterocycles. The molecule has 156 valence electrons. The molecular formula is C22H20BN3O4S. The lowest BCUT2D eigenvalue weighted by molar-refractivity contribution is -0.122. The summed E-state index contributed by atoms with van der Waals surface area (Å²) >= 11 is 1.31. The molecule has 0 radical (unpaired) electrons. The third-order valence-corrected chi connectivity index (χ3v) is 5.61. The van der Waals surface area contributed by atoms with E-state index in [4.69, 9.17) is 4.42 Å². The Morgan fingerprint density at radius 3 is 2.68 bits per heavy atom. The number of thioether (sulfide) groups is 1. The normalized spacial score (nSPS) is 16.5. The second-order valence-electron chi connectivity index (χ2n) is 6.87. The number of carbonyl (C=O) groups is 1. The Morgan fingerprint density at radius 2 is 2.00 bits per heavy atom. The van der Waals surface area contributed by atoms with Crippen LogP contribution in [0, 0.1) is 0 Å². The van der Waals surface area contributed by atoms with Gasteiger partial charge in [0.05, 0.1) is 16.8 Å². The number of rotatable bonds is 6. The van der Waals surface area contributed by atoms with Crippen molar-refractivity contribution >= 4 is 47.2 Å². The maximum Gasteiger partial charge on any atom is 0.488 e. The van der Waals surface area contributed by atoms with Crippen molar-refractivity contribution < 1.29 is 19.3 Å². The molecule has 1 aromatic carbocycles. The van der Waals surface area contributed by atoms with E-state index >= 15 is 0 Å². The van der Waals surface area contributed by atoms with Gasteiger partial charge in [-0.15, -0.1) is 0 Å². The minimum atomic E-state index is -1.51. The maximum atomic E-state index is 12.9. The fourth-order valence-electron chi connectivity index (χ4n) is 3.08. The lowest BCUT2D eigenvalue weighted by Gasteiger charge is -2.13. The van der Waals surface area contributed by atoms with Gasteiger partial charge in [0.1, 0.15) is 11.5 Å². The van der Waals surface area contributed by atoms with Crippen molar-refractivity contribution in [2.45, 2.75) is 13.3 Å². The van der Waals surface area contributed by atoms with E-state index in [1.165, 1.54) is 11.8 Å². The average molecular weight is 433 g/mol. The number of hydrogen-bond donors (Lipinski definition) is 2. The second kappa shape index (κ2) is 9.34. The van der Waals surface area contributed by atoms with Crippen LogP contribution in [0.1, 0.15) is 19.1 Å². The minimum Gasteiger partial charge on any atom is -0.457 e. The fourth-order valence-corrected chi connectivity index (χ4v) is 4.08. The predicted octanol–water partition coefficient (Wildman–Crippen LogP) is 3.04. The van der Waals surface area contributed by atoms with E-state index in [2.05, 4.69) is 9.98 Å². The zero-order valence-electron chi connectivity index (χ0n) is 16.8. The topological polar surface area (TPSA) is 99.2 Å². The molecule has 1 aliphatic rings. The van der Waals surface area contributed by atoms with Crippen LogP contribution in [0.15, 0.2) is 75.2 Å². The van der Waals surface area contributed by atoms with Gasteiger partial charge < -0.3 is 14.5 Å². The van der Waals surface area contributed by atoms with Gasteiger partial charge in [0, 0.05) is 24.4 Å². The Bertz CT molecular complexity index is 1130. The van der Waals surface area contributed by atoms with Crippen molar-refractivity contribution in [3.63, 3.8) is 0 Å². The van der Waals surface area contributed by atoms with E-state index in [0.29, 0.717) is 39.3 Å². The van der Waals surface area contributed by atoms with E-state index in [1.807, 2.05) is 19.1 Å². The molecule has 1 saturated heterocycles. The molecule has 0 bridgehead atoms. The molecule has 0 aliphatic carbocycles. The van der Waals surface area contributed by atoms with Crippen LogP contribution >= 0.6 is 11.8 Å². The Kier molecular flexibility index (Phi) is 6.36. The SMILES string of the molecule is CCCN1C(=O)/C(=C/c2ccc(-c3ccc(B(O)O)cc3)o2)SC1=Nc1cccnc1. The highest BCUT2D eigenvalue weighted by Gasteiger charge is 2.33. The third-order valence-electron chi connectivity index (χ3n) is 4.60. The quantitative estimate of drug-likeness (QED) is 0.458. The Labute approximate surface area is 184 Å². The van der Waals surface area contributed by atoms with Crippen molar-refractivity contribution in [1.82, 2.24) is 9.88 Å². The summed E-state index contributed by atoms with van der Waals surface area (Å²) in [5.41, 5.74) is 1.89. The van der Waals surface area contributed by atoms with Gasteiger partial charge in [0.15, 0.2) is 5.17 Å². The second-order valence-corrected chi connectivity index (χ2v) is 7.88. The van der Waals surface area contributed by atoms with Gasteiger partial charge in [0.2, 0.25) is 0 Å². The molecule has 7 nitrogen and oxygen atoms in total. The van der Waals surface area contributed by atoms with Crippen LogP contribution in [-0.4, -0.2) is 44.7 Å². The molecule has 2 aromatic heterocycles.